The zero-order chi connectivity index (χ0) is 18.3. The molecule has 0 amide bonds. The quantitative estimate of drug-likeness (QED) is 0.570. The number of rotatable bonds is 0. The minimum absolute atomic E-state index is 0. The van der Waals surface area contributed by atoms with Gasteiger partial charge in [-0.3, -0.25) is 9.59 Å². The van der Waals surface area contributed by atoms with E-state index in [0.29, 0.717) is 23.4 Å². The fourth-order valence-electron chi connectivity index (χ4n) is 5.19. The van der Waals surface area contributed by atoms with Crippen LogP contribution in [0.1, 0.15) is 97.8 Å². The summed E-state index contributed by atoms with van der Waals surface area (Å²) in [5.74, 6) is 1.58. The standard InChI is InChI=1S/C13H20O2.C6H10O.C2H6O.CH4.K.H2O/c14-12-9-4-3-6-11(12)13(15)7-2-1-5-10(13)8-9;7-6-4-2-1-3-5-6;1-2-3;;;/h9-11,15H,1-8H2;1-5H2;3H,2H2,1H3;1H4;;1H2/q;;;;+1;/p-1. The average molecular weight is 425 g/mol. The number of Topliss-reactive ketones (excluding diaryl/α,β-unsaturated/α-hetero) is 2. The first-order valence-corrected chi connectivity index (χ1v) is 10.4. The van der Waals surface area contributed by atoms with Crippen LogP contribution in [0.3, 0.4) is 0 Å². The van der Waals surface area contributed by atoms with Crippen LogP contribution in [0.2, 0.25) is 0 Å². The van der Waals surface area contributed by atoms with E-state index in [1.54, 1.807) is 6.92 Å². The predicted molar refractivity (Wildman–Crippen MR) is 107 cm³/mol. The van der Waals surface area contributed by atoms with Crippen molar-refractivity contribution in [3.63, 3.8) is 0 Å². The molecule has 0 aromatic heterocycles. The summed E-state index contributed by atoms with van der Waals surface area (Å²) in [6, 6.07) is 0. The van der Waals surface area contributed by atoms with Crippen LogP contribution >= 0.6 is 0 Å². The molecule has 160 valence electrons. The summed E-state index contributed by atoms with van der Waals surface area (Å²) in [6.07, 6.45) is 13.8. The third-order valence-corrected chi connectivity index (χ3v) is 6.46. The van der Waals surface area contributed by atoms with Crippen LogP contribution in [0.25, 0.3) is 0 Å². The topological polar surface area (TPSA) is 105 Å². The van der Waals surface area contributed by atoms with Gasteiger partial charge in [0.05, 0.1) is 5.60 Å². The van der Waals surface area contributed by atoms with E-state index in [1.165, 1.54) is 12.8 Å². The maximum Gasteiger partial charge on any atom is 1.00 e. The Bertz CT molecular complexity index is 448. The minimum Gasteiger partial charge on any atom is -0.870 e. The molecular formula is C22H41KO5. The molecule has 5 nitrogen and oxygen atoms in total. The molecule has 4 atom stereocenters. The Hall–Kier alpha value is 0.856. The summed E-state index contributed by atoms with van der Waals surface area (Å²) in [5.41, 5.74) is -0.605. The molecule has 2 bridgehead atoms. The van der Waals surface area contributed by atoms with Crippen LogP contribution in [-0.4, -0.2) is 39.5 Å². The van der Waals surface area contributed by atoms with Crippen molar-refractivity contribution in [3.05, 3.63) is 0 Å². The Labute approximate surface area is 214 Å². The molecule has 0 heterocycles. The van der Waals surface area contributed by atoms with Gasteiger partial charge in [0.1, 0.15) is 11.6 Å². The minimum atomic E-state index is -0.605. The summed E-state index contributed by atoms with van der Waals surface area (Å²) in [4.78, 5) is 22.6. The number of aliphatic hydroxyl groups excluding tert-OH is 1. The van der Waals surface area contributed by atoms with Crippen molar-refractivity contribution in [2.75, 3.05) is 6.61 Å². The van der Waals surface area contributed by atoms with Gasteiger partial charge < -0.3 is 15.7 Å². The second kappa shape index (κ2) is 15.6. The molecule has 4 fully saturated rings. The fraction of sp³-hybridized carbons (Fsp3) is 0.909. The smallest absolute Gasteiger partial charge is 0.870 e. The van der Waals surface area contributed by atoms with Crippen molar-refractivity contribution in [1.82, 2.24) is 0 Å². The van der Waals surface area contributed by atoms with Crippen LogP contribution in [0, 0.1) is 17.8 Å². The molecule has 0 saturated heterocycles. The van der Waals surface area contributed by atoms with E-state index < -0.39 is 5.60 Å². The second-order valence-corrected chi connectivity index (χ2v) is 8.17. The molecule has 6 heteroatoms. The van der Waals surface area contributed by atoms with E-state index in [4.69, 9.17) is 5.11 Å². The molecule has 4 rings (SSSR count). The molecular weight excluding hydrogens is 383 g/mol. The molecule has 4 unspecified atom stereocenters. The van der Waals surface area contributed by atoms with Crippen molar-refractivity contribution < 1.29 is 76.7 Å². The first-order valence-electron chi connectivity index (χ1n) is 10.4. The zero-order valence-corrected chi connectivity index (χ0v) is 20.4. The van der Waals surface area contributed by atoms with Gasteiger partial charge in [0.25, 0.3) is 0 Å². The Kier molecular flexibility index (Phi) is 17.3. The van der Waals surface area contributed by atoms with Crippen LogP contribution < -0.4 is 51.4 Å². The average Bonchev–Trinajstić information content (AvgIpc) is 2.59. The predicted octanol–water partition coefficient (Wildman–Crippen LogP) is 1.28. The first kappa shape index (κ1) is 31.0. The van der Waals surface area contributed by atoms with E-state index in [-0.39, 0.29) is 76.8 Å². The van der Waals surface area contributed by atoms with Crippen LogP contribution in [0.15, 0.2) is 0 Å². The number of ketones is 2. The van der Waals surface area contributed by atoms with Gasteiger partial charge in [0.2, 0.25) is 0 Å². The molecule has 0 spiro atoms. The second-order valence-electron chi connectivity index (χ2n) is 8.17. The third kappa shape index (κ3) is 8.18. The normalized spacial score (nSPS) is 33.0. The molecule has 4 aliphatic rings. The summed E-state index contributed by atoms with van der Waals surface area (Å²) in [6.45, 7) is 1.93. The molecule has 0 aliphatic heterocycles. The fourth-order valence-corrected chi connectivity index (χ4v) is 5.19. The Morgan fingerprint density at radius 1 is 0.964 bits per heavy atom. The van der Waals surface area contributed by atoms with Gasteiger partial charge in [-0.2, -0.15) is 0 Å². The number of carbonyl (C=O) groups excluding carboxylic acids is 2. The van der Waals surface area contributed by atoms with Crippen LogP contribution in [0.4, 0.5) is 0 Å². The van der Waals surface area contributed by atoms with Gasteiger partial charge >= 0.3 is 51.4 Å². The number of carbonyl (C=O) groups is 2. The number of aliphatic hydroxyl groups is 2. The van der Waals surface area contributed by atoms with Crippen molar-refractivity contribution in [2.24, 2.45) is 17.8 Å². The summed E-state index contributed by atoms with van der Waals surface area (Å²) < 4.78 is 0. The van der Waals surface area contributed by atoms with E-state index in [1.807, 2.05) is 0 Å². The molecule has 0 radical (unpaired) electrons. The zero-order valence-electron chi connectivity index (χ0n) is 17.3. The monoisotopic (exact) mass is 424 g/mol. The van der Waals surface area contributed by atoms with Gasteiger partial charge in [0, 0.05) is 31.3 Å². The van der Waals surface area contributed by atoms with Crippen LogP contribution in [0.5, 0.6) is 0 Å². The van der Waals surface area contributed by atoms with Crippen molar-refractivity contribution in [1.29, 1.82) is 0 Å². The molecule has 28 heavy (non-hydrogen) atoms. The van der Waals surface area contributed by atoms with Crippen molar-refractivity contribution >= 4 is 11.6 Å². The Balaban J connectivity index is 0. The summed E-state index contributed by atoms with van der Waals surface area (Å²) in [7, 11) is 0. The van der Waals surface area contributed by atoms with E-state index >= 15 is 0 Å². The molecule has 0 aromatic rings. The molecule has 4 saturated carbocycles. The van der Waals surface area contributed by atoms with E-state index in [0.717, 1.165) is 70.6 Å². The number of fused-ring (bicyclic) bond motifs is 4. The maximum absolute atomic E-state index is 12.1. The summed E-state index contributed by atoms with van der Waals surface area (Å²) >= 11 is 0. The van der Waals surface area contributed by atoms with Crippen molar-refractivity contribution in [2.45, 2.75) is 103 Å². The number of hydrogen-bond donors (Lipinski definition) is 2. The van der Waals surface area contributed by atoms with E-state index in [2.05, 4.69) is 0 Å². The maximum atomic E-state index is 12.1. The van der Waals surface area contributed by atoms with Gasteiger partial charge in [-0.1, -0.05) is 33.1 Å². The Morgan fingerprint density at radius 2 is 1.57 bits per heavy atom. The van der Waals surface area contributed by atoms with E-state index in [9.17, 15) is 14.7 Å². The Morgan fingerprint density at radius 3 is 2.11 bits per heavy atom. The first-order chi connectivity index (χ1) is 12.0. The van der Waals surface area contributed by atoms with Gasteiger partial charge in [-0.05, 0) is 57.8 Å². The van der Waals surface area contributed by atoms with Gasteiger partial charge in [-0.25, -0.2) is 0 Å². The van der Waals surface area contributed by atoms with Crippen molar-refractivity contribution in [3.8, 4) is 0 Å². The largest absolute Gasteiger partial charge is 1.00 e. The van der Waals surface area contributed by atoms with Gasteiger partial charge in [-0.15, -0.1) is 0 Å². The SMILES string of the molecule is C.CCO.O=C1C2CCCC1C1(O)CCCCC1C2.O=C1CCCCC1.[K+].[OH-]. The number of hydrogen-bond acceptors (Lipinski definition) is 5. The molecule has 0 aromatic carbocycles. The summed E-state index contributed by atoms with van der Waals surface area (Å²) in [5, 5.41) is 18.3. The molecule has 3 N–H and O–H groups in total. The molecule has 4 aliphatic carbocycles. The van der Waals surface area contributed by atoms with Crippen LogP contribution in [-0.2, 0) is 9.59 Å². The third-order valence-electron chi connectivity index (χ3n) is 6.46. The van der Waals surface area contributed by atoms with Gasteiger partial charge in [0.15, 0.2) is 0 Å².